The first-order chi connectivity index (χ1) is 10.6. The van der Waals surface area contributed by atoms with Crippen molar-refractivity contribution in [2.24, 2.45) is 5.14 Å². The van der Waals surface area contributed by atoms with E-state index in [1.165, 1.54) is 11.4 Å². The van der Waals surface area contributed by atoms with Crippen LogP contribution in [0.1, 0.15) is 43.7 Å². The number of hydrogen-bond donors (Lipinski definition) is 3. The van der Waals surface area contributed by atoms with Gasteiger partial charge < -0.3 is 10.4 Å². The van der Waals surface area contributed by atoms with E-state index in [-0.39, 0.29) is 14.6 Å². The number of amides is 1. The van der Waals surface area contributed by atoms with E-state index < -0.39 is 27.9 Å². The van der Waals surface area contributed by atoms with Crippen molar-refractivity contribution < 1.29 is 23.1 Å². The molecule has 1 unspecified atom stereocenters. The summed E-state index contributed by atoms with van der Waals surface area (Å²) in [6.07, 6.45) is 0. The molecular formula is C12H13N3O5S3. The first-order valence-electron chi connectivity index (χ1n) is 6.22. The Kier molecular flexibility index (Phi) is 4.84. The molecule has 0 saturated carbocycles. The van der Waals surface area contributed by atoms with Gasteiger partial charge in [0, 0.05) is 5.38 Å². The first kappa shape index (κ1) is 17.5. The Balaban J connectivity index is 2.15. The van der Waals surface area contributed by atoms with Crippen LogP contribution in [0, 0.1) is 6.92 Å². The van der Waals surface area contributed by atoms with Crippen LogP contribution in [-0.2, 0) is 10.0 Å². The van der Waals surface area contributed by atoms with Crippen molar-refractivity contribution in [3.05, 3.63) is 32.6 Å². The van der Waals surface area contributed by atoms with E-state index in [0.29, 0.717) is 10.7 Å². The van der Waals surface area contributed by atoms with E-state index in [1.54, 1.807) is 13.8 Å². The van der Waals surface area contributed by atoms with Crippen LogP contribution < -0.4 is 10.5 Å². The summed E-state index contributed by atoms with van der Waals surface area (Å²) < 4.78 is 22.3. The number of carbonyl (C=O) groups excluding carboxylic acids is 1. The minimum atomic E-state index is -3.84. The van der Waals surface area contributed by atoms with E-state index in [4.69, 9.17) is 10.2 Å². The van der Waals surface area contributed by atoms with Crippen molar-refractivity contribution in [1.29, 1.82) is 0 Å². The molecule has 8 nitrogen and oxygen atoms in total. The van der Waals surface area contributed by atoms with Gasteiger partial charge in [-0.3, -0.25) is 4.79 Å². The first-order valence-corrected chi connectivity index (χ1v) is 9.46. The summed E-state index contributed by atoms with van der Waals surface area (Å²) in [6.45, 7) is 3.24. The summed E-state index contributed by atoms with van der Waals surface area (Å²) in [7, 11) is -3.84. The Bertz CT molecular complexity index is 868. The quantitative estimate of drug-likeness (QED) is 0.721. The van der Waals surface area contributed by atoms with Crippen molar-refractivity contribution in [3.8, 4) is 0 Å². The largest absolute Gasteiger partial charge is 0.477 e. The molecule has 2 aromatic rings. The molecule has 0 aliphatic carbocycles. The molecule has 124 valence electrons. The number of carboxylic acid groups (broad SMARTS) is 1. The van der Waals surface area contributed by atoms with E-state index in [9.17, 15) is 18.0 Å². The van der Waals surface area contributed by atoms with Gasteiger partial charge in [0.1, 0.15) is 14.1 Å². The van der Waals surface area contributed by atoms with E-state index in [1.807, 2.05) is 0 Å². The van der Waals surface area contributed by atoms with Crippen LogP contribution in [0.2, 0.25) is 0 Å². The molecule has 11 heteroatoms. The molecule has 0 radical (unpaired) electrons. The van der Waals surface area contributed by atoms with Crippen LogP contribution in [0.5, 0.6) is 0 Å². The number of aryl methyl sites for hydroxylation is 1. The predicted molar refractivity (Wildman–Crippen MR) is 85.4 cm³/mol. The second-order valence-electron chi connectivity index (χ2n) is 4.67. The van der Waals surface area contributed by atoms with Crippen LogP contribution in [0.4, 0.5) is 0 Å². The van der Waals surface area contributed by atoms with Crippen molar-refractivity contribution in [1.82, 2.24) is 10.3 Å². The highest BCUT2D eigenvalue weighted by molar-refractivity contribution is 7.91. The summed E-state index contributed by atoms with van der Waals surface area (Å²) in [5.41, 5.74) is 0.545. The fourth-order valence-corrected chi connectivity index (χ4v) is 4.22. The molecule has 1 amide bonds. The van der Waals surface area contributed by atoms with Crippen LogP contribution in [0.25, 0.3) is 0 Å². The molecule has 23 heavy (non-hydrogen) atoms. The lowest BCUT2D eigenvalue weighted by Crippen LogP contribution is -2.26. The van der Waals surface area contributed by atoms with Crippen LogP contribution in [0.15, 0.2) is 15.7 Å². The fraction of sp³-hybridized carbons (Fsp3) is 0.250. The van der Waals surface area contributed by atoms with E-state index in [0.717, 1.165) is 22.7 Å². The molecule has 2 rings (SSSR count). The number of hydrogen-bond acceptors (Lipinski definition) is 7. The highest BCUT2D eigenvalue weighted by atomic mass is 32.2. The maximum absolute atomic E-state index is 12.1. The summed E-state index contributed by atoms with van der Waals surface area (Å²) in [5, 5.41) is 18.5. The molecule has 0 bridgehead atoms. The van der Waals surface area contributed by atoms with Crippen molar-refractivity contribution in [2.75, 3.05) is 0 Å². The number of carbonyl (C=O) groups is 2. The monoisotopic (exact) mass is 375 g/mol. The van der Waals surface area contributed by atoms with Gasteiger partial charge in [-0.05, 0) is 19.9 Å². The van der Waals surface area contributed by atoms with Crippen LogP contribution in [-0.4, -0.2) is 30.4 Å². The molecule has 0 saturated heterocycles. The maximum Gasteiger partial charge on any atom is 0.347 e. The Labute approximate surface area is 140 Å². The number of aromatic carboxylic acids is 1. The molecule has 0 fully saturated rings. The van der Waals surface area contributed by atoms with Gasteiger partial charge in [-0.1, -0.05) is 0 Å². The van der Waals surface area contributed by atoms with Gasteiger partial charge in [0.2, 0.25) is 10.0 Å². The van der Waals surface area contributed by atoms with Gasteiger partial charge in [0.25, 0.3) is 5.91 Å². The summed E-state index contributed by atoms with van der Waals surface area (Å²) in [4.78, 5) is 27.4. The lowest BCUT2D eigenvalue weighted by Gasteiger charge is -2.10. The Morgan fingerprint density at radius 2 is 2.09 bits per heavy atom. The Morgan fingerprint density at radius 3 is 2.57 bits per heavy atom. The Hall–Kier alpha value is -1.82. The van der Waals surface area contributed by atoms with E-state index >= 15 is 0 Å². The molecule has 0 aliphatic rings. The number of thiazole rings is 1. The normalized spacial score (nSPS) is 12.8. The van der Waals surface area contributed by atoms with Gasteiger partial charge in [0.15, 0.2) is 0 Å². The molecular weight excluding hydrogens is 362 g/mol. The summed E-state index contributed by atoms with van der Waals surface area (Å²) in [6, 6.07) is 0.676. The summed E-state index contributed by atoms with van der Waals surface area (Å²) in [5.74, 6) is -1.56. The zero-order valence-electron chi connectivity index (χ0n) is 12.1. The zero-order chi connectivity index (χ0) is 17.4. The van der Waals surface area contributed by atoms with Crippen molar-refractivity contribution >= 4 is 44.6 Å². The minimum Gasteiger partial charge on any atom is -0.477 e. The lowest BCUT2D eigenvalue weighted by atomic mass is 10.3. The molecule has 2 aromatic heterocycles. The Morgan fingerprint density at radius 1 is 1.43 bits per heavy atom. The fourth-order valence-electron chi connectivity index (χ4n) is 1.73. The summed E-state index contributed by atoms with van der Waals surface area (Å²) >= 11 is 1.84. The van der Waals surface area contributed by atoms with Gasteiger partial charge in [-0.15, -0.1) is 22.7 Å². The highest BCUT2D eigenvalue weighted by Crippen LogP contribution is 2.24. The third-order valence-electron chi connectivity index (χ3n) is 2.84. The second-order valence-corrected chi connectivity index (χ2v) is 8.40. The standard InChI is InChI=1S/C12H13N3O5S3/c1-5-9(12(17)18)22-11(15-5)6(2)14-10(16)7-3-8(21-4-7)23(13,19)20/h3-4,6H,1-2H3,(H,14,16)(H,17,18)(H2,13,19,20). The zero-order valence-corrected chi connectivity index (χ0v) is 14.5. The SMILES string of the molecule is Cc1nc(C(C)NC(=O)c2csc(S(N)(=O)=O)c2)sc1C(=O)O. The molecule has 1 atom stereocenters. The third kappa shape index (κ3) is 3.93. The third-order valence-corrected chi connectivity index (χ3v) is 6.56. The maximum atomic E-state index is 12.1. The number of primary sulfonamides is 1. The van der Waals surface area contributed by atoms with Gasteiger partial charge in [0.05, 0.1) is 17.3 Å². The topological polar surface area (TPSA) is 139 Å². The average Bonchev–Trinajstić information content (AvgIpc) is 3.04. The highest BCUT2D eigenvalue weighted by Gasteiger charge is 2.21. The number of nitrogens with two attached hydrogens (primary N) is 1. The minimum absolute atomic E-state index is 0.103. The van der Waals surface area contributed by atoms with Crippen molar-refractivity contribution in [2.45, 2.75) is 24.1 Å². The predicted octanol–water partition coefficient (Wildman–Crippen LogP) is 1.35. The molecule has 0 spiro atoms. The van der Waals surface area contributed by atoms with Crippen LogP contribution >= 0.6 is 22.7 Å². The number of thiophene rings is 1. The lowest BCUT2D eigenvalue weighted by molar-refractivity contribution is 0.0700. The molecule has 0 aromatic carbocycles. The molecule has 2 heterocycles. The number of rotatable bonds is 5. The van der Waals surface area contributed by atoms with Gasteiger partial charge in [-0.25, -0.2) is 23.3 Å². The van der Waals surface area contributed by atoms with Gasteiger partial charge in [-0.2, -0.15) is 0 Å². The number of nitrogens with one attached hydrogen (secondary N) is 1. The number of nitrogens with zero attached hydrogens (tertiary/aromatic N) is 1. The van der Waals surface area contributed by atoms with Crippen molar-refractivity contribution in [3.63, 3.8) is 0 Å². The number of carboxylic acids is 1. The smallest absolute Gasteiger partial charge is 0.347 e. The molecule has 4 N–H and O–H groups in total. The number of aromatic nitrogens is 1. The average molecular weight is 375 g/mol. The second kappa shape index (κ2) is 6.35. The molecule has 0 aliphatic heterocycles. The number of sulfonamides is 1. The van der Waals surface area contributed by atoms with E-state index in [2.05, 4.69) is 10.3 Å². The van der Waals surface area contributed by atoms with Crippen LogP contribution in [0.3, 0.4) is 0 Å². The van der Waals surface area contributed by atoms with Gasteiger partial charge >= 0.3 is 5.97 Å².